The number of carbonyl (C=O) groups is 1. The minimum atomic E-state index is -0.145. The highest BCUT2D eigenvalue weighted by atomic mass is 35.5. The Labute approximate surface area is 166 Å². The van der Waals surface area contributed by atoms with Crippen molar-refractivity contribution in [3.8, 4) is 0 Å². The summed E-state index contributed by atoms with van der Waals surface area (Å²) in [5.41, 5.74) is 2.98. The average molecular weight is 406 g/mol. The second-order valence-electron chi connectivity index (χ2n) is 5.79. The van der Waals surface area contributed by atoms with Crippen molar-refractivity contribution in [2.45, 2.75) is 13.3 Å². The third kappa shape index (κ3) is 4.97. The number of aromatic nitrogens is 1. The lowest BCUT2D eigenvalue weighted by molar-refractivity contribution is -0.114. The molecule has 0 aliphatic carbocycles. The molecular formula is C19H17Cl2N3OS. The van der Waals surface area contributed by atoms with Crippen LogP contribution < -0.4 is 10.6 Å². The third-order valence-electron chi connectivity index (χ3n) is 3.67. The zero-order valence-corrected chi connectivity index (χ0v) is 16.4. The van der Waals surface area contributed by atoms with Crippen molar-refractivity contribution in [1.29, 1.82) is 0 Å². The topological polar surface area (TPSA) is 54.0 Å². The lowest BCUT2D eigenvalue weighted by atomic mass is 10.1. The van der Waals surface area contributed by atoms with Gasteiger partial charge in [-0.2, -0.15) is 0 Å². The van der Waals surface area contributed by atoms with Crippen LogP contribution in [-0.2, 0) is 11.2 Å². The van der Waals surface area contributed by atoms with Gasteiger partial charge in [-0.25, -0.2) is 4.98 Å². The van der Waals surface area contributed by atoms with E-state index in [0.29, 0.717) is 21.6 Å². The maximum absolute atomic E-state index is 12.1. The van der Waals surface area contributed by atoms with Crippen molar-refractivity contribution in [1.82, 2.24) is 4.98 Å². The molecule has 0 spiro atoms. The zero-order valence-electron chi connectivity index (χ0n) is 14.1. The van der Waals surface area contributed by atoms with Crippen LogP contribution in [0.1, 0.15) is 16.0 Å². The van der Waals surface area contributed by atoms with E-state index in [0.717, 1.165) is 21.7 Å². The molecule has 7 heteroatoms. The maximum atomic E-state index is 12.1. The molecule has 4 nitrogen and oxygen atoms in total. The number of thiazole rings is 1. The minimum Gasteiger partial charge on any atom is -0.376 e. The van der Waals surface area contributed by atoms with E-state index in [1.807, 2.05) is 43.3 Å². The first kappa shape index (κ1) is 18.7. The smallest absolute Gasteiger partial charge is 0.245 e. The predicted molar refractivity (Wildman–Crippen MR) is 110 cm³/mol. The Morgan fingerprint density at radius 3 is 2.81 bits per heavy atom. The van der Waals surface area contributed by atoms with Crippen LogP contribution in [-0.4, -0.2) is 17.4 Å². The van der Waals surface area contributed by atoms with Crippen molar-refractivity contribution in [3.05, 3.63) is 74.7 Å². The summed E-state index contributed by atoms with van der Waals surface area (Å²) in [6, 6.07) is 13.4. The number of rotatable bonds is 6. The summed E-state index contributed by atoms with van der Waals surface area (Å²) in [5, 5.41) is 7.55. The number of hydrogen-bond acceptors (Lipinski definition) is 4. The van der Waals surface area contributed by atoms with E-state index in [2.05, 4.69) is 15.6 Å². The molecule has 3 rings (SSSR count). The predicted octanol–water partition coefficient (Wildman–Crippen LogP) is 5.40. The number of halogens is 2. The Bertz CT molecular complexity index is 927. The van der Waals surface area contributed by atoms with Crippen molar-refractivity contribution in [3.63, 3.8) is 0 Å². The molecule has 0 unspecified atom stereocenters. The minimum absolute atomic E-state index is 0.145. The molecule has 134 valence electrons. The molecule has 2 aromatic carbocycles. The molecule has 26 heavy (non-hydrogen) atoms. The van der Waals surface area contributed by atoms with E-state index in [9.17, 15) is 4.79 Å². The number of nitrogens with one attached hydrogen (secondary N) is 2. The van der Waals surface area contributed by atoms with Gasteiger partial charge in [0.15, 0.2) is 5.13 Å². The monoisotopic (exact) mass is 405 g/mol. The van der Waals surface area contributed by atoms with Crippen LogP contribution in [0.2, 0.25) is 10.0 Å². The second kappa shape index (κ2) is 8.54. The number of nitrogens with zero attached hydrogens (tertiary/aromatic N) is 1. The first-order chi connectivity index (χ1) is 12.5. The molecular weight excluding hydrogens is 389 g/mol. The van der Waals surface area contributed by atoms with Gasteiger partial charge >= 0.3 is 0 Å². The summed E-state index contributed by atoms with van der Waals surface area (Å²) in [6.07, 6.45) is 2.36. The van der Waals surface area contributed by atoms with E-state index < -0.39 is 0 Å². The molecule has 1 heterocycles. The molecule has 3 aromatic rings. The van der Waals surface area contributed by atoms with Gasteiger partial charge in [0.1, 0.15) is 0 Å². The van der Waals surface area contributed by atoms with E-state index in [1.54, 1.807) is 12.3 Å². The average Bonchev–Trinajstić information content (AvgIpc) is 3.04. The third-order valence-corrected chi connectivity index (χ3v) is 5.44. The van der Waals surface area contributed by atoms with Gasteiger partial charge in [-0.15, -0.1) is 11.3 Å². The van der Waals surface area contributed by atoms with Crippen LogP contribution in [0.4, 0.5) is 10.8 Å². The summed E-state index contributed by atoms with van der Waals surface area (Å²) in [4.78, 5) is 17.3. The molecule has 0 aliphatic rings. The van der Waals surface area contributed by atoms with Gasteiger partial charge in [-0.1, -0.05) is 47.5 Å². The number of carbonyl (C=O) groups excluding carboxylic acids is 1. The van der Waals surface area contributed by atoms with Crippen LogP contribution in [0.25, 0.3) is 0 Å². The van der Waals surface area contributed by atoms with Gasteiger partial charge in [0.05, 0.1) is 16.6 Å². The highest BCUT2D eigenvalue weighted by Crippen LogP contribution is 2.29. The van der Waals surface area contributed by atoms with Crippen molar-refractivity contribution in [2.75, 3.05) is 17.2 Å². The van der Waals surface area contributed by atoms with Crippen molar-refractivity contribution >= 4 is 51.3 Å². The van der Waals surface area contributed by atoms with Gasteiger partial charge in [-0.05, 0) is 36.2 Å². The van der Waals surface area contributed by atoms with Gasteiger partial charge < -0.3 is 10.6 Å². The zero-order chi connectivity index (χ0) is 18.5. The lowest BCUT2D eigenvalue weighted by Gasteiger charge is -2.06. The fourth-order valence-electron chi connectivity index (χ4n) is 2.42. The molecule has 0 atom stereocenters. The molecule has 2 N–H and O–H groups in total. The molecule has 1 aromatic heterocycles. The number of aryl methyl sites for hydroxylation is 1. The van der Waals surface area contributed by atoms with Crippen LogP contribution in [0.3, 0.4) is 0 Å². The Balaban J connectivity index is 1.56. The summed E-state index contributed by atoms with van der Waals surface area (Å²) >= 11 is 13.7. The summed E-state index contributed by atoms with van der Waals surface area (Å²) < 4.78 is 0. The summed E-state index contributed by atoms with van der Waals surface area (Å²) in [7, 11) is 0. The first-order valence-electron chi connectivity index (χ1n) is 7.99. The summed E-state index contributed by atoms with van der Waals surface area (Å²) in [6.45, 7) is 2.19. The molecule has 0 saturated heterocycles. The normalized spacial score (nSPS) is 10.6. The van der Waals surface area contributed by atoms with Crippen LogP contribution >= 0.6 is 34.5 Å². The van der Waals surface area contributed by atoms with E-state index in [-0.39, 0.29) is 12.5 Å². The lowest BCUT2D eigenvalue weighted by Crippen LogP contribution is -2.21. The quantitative estimate of drug-likeness (QED) is 0.576. The fraction of sp³-hybridized carbons (Fsp3) is 0.158. The van der Waals surface area contributed by atoms with Crippen molar-refractivity contribution in [2.24, 2.45) is 0 Å². The Hall–Kier alpha value is -2.08. The number of hydrogen-bond donors (Lipinski definition) is 2. The Kier molecular flexibility index (Phi) is 6.14. The molecule has 0 saturated carbocycles. The largest absolute Gasteiger partial charge is 0.376 e. The summed E-state index contributed by atoms with van der Waals surface area (Å²) in [5.74, 6) is -0.145. The fourth-order valence-corrected chi connectivity index (χ4v) is 3.66. The van der Waals surface area contributed by atoms with E-state index in [4.69, 9.17) is 23.2 Å². The highest BCUT2D eigenvalue weighted by molar-refractivity contribution is 7.15. The maximum Gasteiger partial charge on any atom is 0.245 e. The number of benzene rings is 2. The molecule has 0 fully saturated rings. The molecule has 0 aliphatic heterocycles. The molecule has 0 radical (unpaired) electrons. The highest BCUT2D eigenvalue weighted by Gasteiger charge is 2.10. The Morgan fingerprint density at radius 2 is 2.00 bits per heavy atom. The SMILES string of the molecule is Cc1cccc(NCC(=O)Nc2ncc(Cc3cccc(Cl)c3Cl)s2)c1. The van der Waals surface area contributed by atoms with Crippen LogP contribution in [0.15, 0.2) is 48.7 Å². The van der Waals surface area contributed by atoms with E-state index >= 15 is 0 Å². The Morgan fingerprint density at radius 1 is 1.19 bits per heavy atom. The van der Waals surface area contributed by atoms with Crippen molar-refractivity contribution < 1.29 is 4.79 Å². The second-order valence-corrected chi connectivity index (χ2v) is 7.69. The standard InChI is InChI=1S/C19H17Cl2N3OS/c1-12-4-2-6-14(8-12)22-11-17(25)24-19-23-10-15(26-19)9-13-5-3-7-16(20)18(13)21/h2-8,10,22H,9,11H2,1H3,(H,23,24,25). The number of anilines is 2. The van der Waals surface area contributed by atoms with Gasteiger partial charge in [0, 0.05) is 23.2 Å². The molecule has 1 amide bonds. The molecule has 0 bridgehead atoms. The first-order valence-corrected chi connectivity index (χ1v) is 9.56. The van der Waals surface area contributed by atoms with Crippen LogP contribution in [0, 0.1) is 6.92 Å². The van der Waals surface area contributed by atoms with Gasteiger partial charge in [0.25, 0.3) is 0 Å². The van der Waals surface area contributed by atoms with Gasteiger partial charge in [-0.3, -0.25) is 4.79 Å². The van der Waals surface area contributed by atoms with Crippen LogP contribution in [0.5, 0.6) is 0 Å². The van der Waals surface area contributed by atoms with E-state index in [1.165, 1.54) is 11.3 Å². The van der Waals surface area contributed by atoms with Gasteiger partial charge in [0.2, 0.25) is 5.91 Å². The number of amides is 1.